The molecule has 0 aliphatic carbocycles. The first kappa shape index (κ1) is 31.3. The molecule has 0 spiro atoms. The maximum atomic E-state index is 6.11. The third-order valence-corrected chi connectivity index (χ3v) is 7.67. The normalized spacial score (nSPS) is 13.1. The second kappa shape index (κ2) is 16.1. The topological polar surface area (TPSA) is 119 Å². The molecule has 234 valence electrons. The summed E-state index contributed by atoms with van der Waals surface area (Å²) in [6, 6.07) is 13.4. The first-order valence-electron chi connectivity index (χ1n) is 15.2. The van der Waals surface area contributed by atoms with Gasteiger partial charge in [-0.15, -0.1) is 0 Å². The molecule has 12 heteroatoms. The fraction of sp³-hybridized carbons (Fsp3) is 0.438. The summed E-state index contributed by atoms with van der Waals surface area (Å²) in [4.78, 5) is 20.6. The van der Waals surface area contributed by atoms with E-state index in [1.54, 1.807) is 14.2 Å². The van der Waals surface area contributed by atoms with Crippen molar-refractivity contribution in [3.8, 4) is 11.5 Å². The van der Waals surface area contributed by atoms with Crippen molar-refractivity contribution in [2.45, 2.75) is 38.5 Å². The standard InChI is InChI=1S/C32H41ClN8O3/c1-42-25-20-24(21-26(22-25)43-2)37-31-38-30(39-32(40-31)41-15-17-44-18-16-41)36-13-8-6-4-3-5-7-12-34-28-11-14-35-29-19-23(33)9-10-27(28)29/h9-11,14,19-22H,3-8,12-13,15-18H2,1-2H3,(H,34,35)(H2,36,37,38,39,40). The van der Waals surface area contributed by atoms with Crippen molar-refractivity contribution >= 4 is 51.7 Å². The van der Waals surface area contributed by atoms with Gasteiger partial charge in [-0.3, -0.25) is 4.98 Å². The lowest BCUT2D eigenvalue weighted by Gasteiger charge is -2.27. The van der Waals surface area contributed by atoms with Gasteiger partial charge < -0.3 is 35.1 Å². The Balaban J connectivity index is 1.06. The highest BCUT2D eigenvalue weighted by Gasteiger charge is 2.17. The first-order chi connectivity index (χ1) is 21.6. The number of aromatic nitrogens is 4. The van der Waals surface area contributed by atoms with E-state index in [9.17, 15) is 0 Å². The Morgan fingerprint density at radius 3 is 2.20 bits per heavy atom. The van der Waals surface area contributed by atoms with Gasteiger partial charge in [0.25, 0.3) is 0 Å². The zero-order valence-corrected chi connectivity index (χ0v) is 26.2. The molecule has 0 saturated carbocycles. The van der Waals surface area contributed by atoms with Crippen LogP contribution in [0.3, 0.4) is 0 Å². The van der Waals surface area contributed by atoms with Crippen LogP contribution in [-0.4, -0.2) is 73.5 Å². The van der Waals surface area contributed by atoms with E-state index in [4.69, 9.17) is 35.8 Å². The summed E-state index contributed by atoms with van der Waals surface area (Å²) in [6.45, 7) is 4.50. The quantitative estimate of drug-likeness (QED) is 0.119. The van der Waals surface area contributed by atoms with E-state index in [1.807, 2.05) is 48.7 Å². The first-order valence-corrected chi connectivity index (χ1v) is 15.6. The molecule has 44 heavy (non-hydrogen) atoms. The summed E-state index contributed by atoms with van der Waals surface area (Å²) in [5.74, 6) is 2.99. The highest BCUT2D eigenvalue weighted by molar-refractivity contribution is 6.31. The van der Waals surface area contributed by atoms with E-state index in [0.29, 0.717) is 47.6 Å². The average molecular weight is 621 g/mol. The fourth-order valence-electron chi connectivity index (χ4n) is 5.07. The van der Waals surface area contributed by atoms with Crippen molar-refractivity contribution in [1.29, 1.82) is 0 Å². The van der Waals surface area contributed by atoms with Crippen LogP contribution in [0.5, 0.6) is 11.5 Å². The van der Waals surface area contributed by atoms with E-state index < -0.39 is 0 Å². The van der Waals surface area contributed by atoms with E-state index in [2.05, 4.69) is 30.8 Å². The van der Waals surface area contributed by atoms with Crippen LogP contribution in [0.15, 0.2) is 48.7 Å². The Morgan fingerprint density at radius 1 is 0.795 bits per heavy atom. The number of nitrogens with one attached hydrogen (secondary N) is 3. The number of pyridine rings is 1. The van der Waals surface area contributed by atoms with Gasteiger partial charge in [0.05, 0.1) is 33.0 Å². The number of hydrogen-bond donors (Lipinski definition) is 3. The SMILES string of the molecule is COc1cc(Nc2nc(NCCCCCCCCNc3ccnc4cc(Cl)ccc34)nc(N3CCOCC3)n2)cc(OC)c1. The smallest absolute Gasteiger partial charge is 0.233 e. The molecule has 0 unspecified atom stereocenters. The largest absolute Gasteiger partial charge is 0.497 e. The summed E-state index contributed by atoms with van der Waals surface area (Å²) >= 11 is 6.11. The molecule has 5 rings (SSSR count). The fourth-order valence-corrected chi connectivity index (χ4v) is 5.24. The summed E-state index contributed by atoms with van der Waals surface area (Å²) in [5.41, 5.74) is 2.78. The number of unbranched alkanes of at least 4 members (excludes halogenated alkanes) is 5. The van der Waals surface area contributed by atoms with Crippen molar-refractivity contribution in [2.75, 3.05) is 74.5 Å². The Labute approximate surface area is 263 Å². The van der Waals surface area contributed by atoms with Gasteiger partial charge in [0.1, 0.15) is 11.5 Å². The molecule has 1 saturated heterocycles. The highest BCUT2D eigenvalue weighted by atomic mass is 35.5. The van der Waals surface area contributed by atoms with Crippen LogP contribution >= 0.6 is 11.6 Å². The molecule has 3 N–H and O–H groups in total. The number of methoxy groups -OCH3 is 2. The van der Waals surface area contributed by atoms with Gasteiger partial charge in [-0.1, -0.05) is 37.3 Å². The molecule has 2 aromatic heterocycles. The summed E-state index contributed by atoms with van der Waals surface area (Å²) in [7, 11) is 3.25. The monoisotopic (exact) mass is 620 g/mol. The lowest BCUT2D eigenvalue weighted by molar-refractivity contribution is 0.122. The van der Waals surface area contributed by atoms with Crippen molar-refractivity contribution in [1.82, 2.24) is 19.9 Å². The number of rotatable bonds is 16. The van der Waals surface area contributed by atoms with Gasteiger partial charge in [0.2, 0.25) is 17.8 Å². The zero-order chi connectivity index (χ0) is 30.6. The van der Waals surface area contributed by atoms with Crippen LogP contribution < -0.4 is 30.3 Å². The van der Waals surface area contributed by atoms with Gasteiger partial charge in [-0.25, -0.2) is 0 Å². The van der Waals surface area contributed by atoms with Gasteiger partial charge in [-0.05, 0) is 37.1 Å². The Kier molecular flexibility index (Phi) is 11.5. The number of hydrogen-bond acceptors (Lipinski definition) is 11. The lowest BCUT2D eigenvalue weighted by Crippen LogP contribution is -2.37. The molecule has 1 aliphatic heterocycles. The van der Waals surface area contributed by atoms with Gasteiger partial charge >= 0.3 is 0 Å². The molecule has 0 radical (unpaired) electrons. The molecule has 4 aromatic rings. The predicted molar refractivity (Wildman–Crippen MR) is 177 cm³/mol. The van der Waals surface area contributed by atoms with E-state index in [0.717, 1.165) is 67.7 Å². The molecule has 0 atom stereocenters. The van der Waals surface area contributed by atoms with Gasteiger partial charge in [-0.2, -0.15) is 15.0 Å². The van der Waals surface area contributed by atoms with Crippen molar-refractivity contribution < 1.29 is 14.2 Å². The molecule has 3 heterocycles. The van der Waals surface area contributed by atoms with E-state index >= 15 is 0 Å². The summed E-state index contributed by atoms with van der Waals surface area (Å²) < 4.78 is 16.3. The van der Waals surface area contributed by atoms with E-state index in [-0.39, 0.29) is 0 Å². The minimum atomic E-state index is 0.455. The van der Waals surface area contributed by atoms with Crippen molar-refractivity contribution in [2.24, 2.45) is 0 Å². The highest BCUT2D eigenvalue weighted by Crippen LogP contribution is 2.28. The molecular formula is C32H41ClN8O3. The molecule has 1 fully saturated rings. The maximum Gasteiger partial charge on any atom is 0.233 e. The predicted octanol–water partition coefficient (Wildman–Crippen LogP) is 6.54. The number of morpholine rings is 1. The zero-order valence-electron chi connectivity index (χ0n) is 25.4. The second-order valence-electron chi connectivity index (χ2n) is 10.6. The number of fused-ring (bicyclic) bond motifs is 1. The molecule has 0 amide bonds. The van der Waals surface area contributed by atoms with Crippen LogP contribution in [0, 0.1) is 0 Å². The Bertz CT molecular complexity index is 1480. The van der Waals surface area contributed by atoms with Crippen molar-refractivity contribution in [3.05, 3.63) is 53.7 Å². The number of benzene rings is 2. The third-order valence-electron chi connectivity index (χ3n) is 7.43. The number of ether oxygens (including phenoxy) is 3. The van der Waals surface area contributed by atoms with Crippen LogP contribution in [0.2, 0.25) is 5.02 Å². The van der Waals surface area contributed by atoms with Gasteiger partial charge in [0.15, 0.2) is 0 Å². The molecule has 2 aromatic carbocycles. The minimum Gasteiger partial charge on any atom is -0.497 e. The molecule has 1 aliphatic rings. The summed E-state index contributed by atoms with van der Waals surface area (Å²) in [6.07, 6.45) is 8.73. The van der Waals surface area contributed by atoms with Crippen molar-refractivity contribution in [3.63, 3.8) is 0 Å². The van der Waals surface area contributed by atoms with Crippen LogP contribution in [0.25, 0.3) is 10.9 Å². The van der Waals surface area contributed by atoms with Crippen LogP contribution in [0.4, 0.5) is 29.2 Å². The summed E-state index contributed by atoms with van der Waals surface area (Å²) in [5, 5.41) is 12.1. The number of anilines is 5. The maximum absolute atomic E-state index is 6.11. The second-order valence-corrected chi connectivity index (χ2v) is 11.0. The number of nitrogens with zero attached hydrogens (tertiary/aromatic N) is 5. The minimum absolute atomic E-state index is 0.455. The third kappa shape index (κ3) is 8.96. The van der Waals surface area contributed by atoms with E-state index in [1.165, 1.54) is 19.3 Å². The van der Waals surface area contributed by atoms with Crippen LogP contribution in [0.1, 0.15) is 38.5 Å². The average Bonchev–Trinajstić information content (AvgIpc) is 3.05. The molecule has 11 nitrogen and oxygen atoms in total. The molecular weight excluding hydrogens is 580 g/mol. The number of halogens is 1. The Hall–Kier alpha value is -4.09. The van der Waals surface area contributed by atoms with Gasteiger partial charge in [0, 0.05) is 72.4 Å². The Morgan fingerprint density at radius 2 is 1.48 bits per heavy atom. The lowest BCUT2D eigenvalue weighted by atomic mass is 10.1. The molecule has 0 bridgehead atoms. The van der Waals surface area contributed by atoms with Crippen LogP contribution in [-0.2, 0) is 4.74 Å².